The molecule has 0 saturated heterocycles. The van der Waals surface area contributed by atoms with Gasteiger partial charge in [-0.2, -0.15) is 0 Å². The van der Waals surface area contributed by atoms with Crippen LogP contribution < -0.4 is 15.4 Å². The van der Waals surface area contributed by atoms with Crippen LogP contribution in [-0.4, -0.2) is 51.3 Å². The van der Waals surface area contributed by atoms with Crippen LogP contribution >= 0.6 is 11.3 Å². The van der Waals surface area contributed by atoms with Crippen LogP contribution in [0.1, 0.15) is 37.1 Å². The minimum absolute atomic E-state index is 0.108. The van der Waals surface area contributed by atoms with E-state index in [2.05, 4.69) is 32.3 Å². The number of guanidine groups is 1. The van der Waals surface area contributed by atoms with Crippen LogP contribution in [0.3, 0.4) is 0 Å². The summed E-state index contributed by atoms with van der Waals surface area (Å²) >= 11 is 1.75. The summed E-state index contributed by atoms with van der Waals surface area (Å²) < 4.78 is 25.2. The van der Waals surface area contributed by atoms with Crippen molar-refractivity contribution in [2.24, 2.45) is 4.99 Å². The van der Waals surface area contributed by atoms with E-state index in [9.17, 15) is 8.42 Å². The fourth-order valence-corrected chi connectivity index (χ4v) is 3.38. The van der Waals surface area contributed by atoms with Gasteiger partial charge in [0.1, 0.15) is 0 Å². The number of aromatic nitrogens is 1. The zero-order valence-corrected chi connectivity index (χ0v) is 16.4. The van der Waals surface area contributed by atoms with Crippen LogP contribution in [-0.2, 0) is 22.9 Å². The minimum atomic E-state index is -3.11. The van der Waals surface area contributed by atoms with Crippen LogP contribution in [0, 0.1) is 0 Å². The second-order valence-electron chi connectivity index (χ2n) is 5.16. The van der Waals surface area contributed by atoms with E-state index < -0.39 is 10.0 Å². The number of aryl methyl sites for hydroxylation is 1. The molecule has 138 valence electrons. The second kappa shape index (κ2) is 11.4. The largest absolute Gasteiger partial charge is 0.357 e. The van der Waals surface area contributed by atoms with Gasteiger partial charge in [0.25, 0.3) is 0 Å². The lowest BCUT2D eigenvalue weighted by atomic mass is 10.4. The maximum Gasteiger partial charge on any atom is 0.211 e. The smallest absolute Gasteiger partial charge is 0.211 e. The van der Waals surface area contributed by atoms with Gasteiger partial charge in [0.2, 0.25) is 10.0 Å². The van der Waals surface area contributed by atoms with Gasteiger partial charge in [-0.25, -0.2) is 18.1 Å². The first kappa shape index (κ1) is 20.9. The van der Waals surface area contributed by atoms with Crippen molar-refractivity contribution in [2.75, 3.05) is 31.9 Å². The average Bonchev–Trinajstić information content (AvgIpc) is 3.02. The normalized spacial score (nSPS) is 12.4. The number of nitrogens with zero attached hydrogens (tertiary/aromatic N) is 2. The molecule has 7 nitrogen and oxygen atoms in total. The van der Waals surface area contributed by atoms with E-state index in [0.29, 0.717) is 19.5 Å². The summed E-state index contributed by atoms with van der Waals surface area (Å²) in [5.41, 5.74) is 0. The third kappa shape index (κ3) is 8.60. The average molecular weight is 376 g/mol. The Morgan fingerprint density at radius 2 is 2.04 bits per heavy atom. The molecule has 0 bridgehead atoms. The van der Waals surface area contributed by atoms with Gasteiger partial charge in [-0.1, -0.05) is 6.92 Å². The predicted octanol–water partition coefficient (Wildman–Crippen LogP) is 1.13. The first-order valence-corrected chi connectivity index (χ1v) is 10.9. The zero-order chi connectivity index (χ0) is 17.8. The van der Waals surface area contributed by atoms with E-state index in [1.807, 2.05) is 13.1 Å². The Bertz CT molecular complexity index is 599. The first-order chi connectivity index (χ1) is 11.5. The van der Waals surface area contributed by atoms with Gasteiger partial charge in [-0.15, -0.1) is 11.3 Å². The van der Waals surface area contributed by atoms with Crippen molar-refractivity contribution in [2.45, 2.75) is 40.0 Å². The quantitative estimate of drug-likeness (QED) is 0.306. The maximum absolute atomic E-state index is 11.3. The fourth-order valence-electron chi connectivity index (χ4n) is 1.86. The molecular formula is C15H29N5O2S2. The number of hydrogen-bond acceptors (Lipinski definition) is 5. The summed E-state index contributed by atoms with van der Waals surface area (Å²) in [5.74, 6) is 0.861. The lowest BCUT2D eigenvalue weighted by Gasteiger charge is -2.10. The van der Waals surface area contributed by atoms with E-state index in [1.165, 1.54) is 4.88 Å². The van der Waals surface area contributed by atoms with E-state index in [-0.39, 0.29) is 5.75 Å². The highest BCUT2D eigenvalue weighted by Gasteiger charge is 2.04. The van der Waals surface area contributed by atoms with Crippen molar-refractivity contribution < 1.29 is 8.42 Å². The van der Waals surface area contributed by atoms with E-state index in [4.69, 9.17) is 0 Å². The number of rotatable bonds is 11. The number of aliphatic imine (C=N–C) groups is 1. The number of hydrogen-bond donors (Lipinski definition) is 3. The van der Waals surface area contributed by atoms with Crippen molar-refractivity contribution in [3.63, 3.8) is 0 Å². The van der Waals surface area contributed by atoms with E-state index in [1.54, 1.807) is 18.3 Å². The summed E-state index contributed by atoms with van der Waals surface area (Å²) in [6.07, 6.45) is 4.50. The van der Waals surface area contributed by atoms with Gasteiger partial charge < -0.3 is 10.6 Å². The summed E-state index contributed by atoms with van der Waals surface area (Å²) in [6, 6.07) is 0. The van der Waals surface area contributed by atoms with Gasteiger partial charge in [0, 0.05) is 43.7 Å². The molecule has 0 fully saturated rings. The van der Waals surface area contributed by atoms with Crippen molar-refractivity contribution in [1.29, 1.82) is 0 Å². The van der Waals surface area contributed by atoms with Crippen LogP contribution in [0.25, 0.3) is 0 Å². The van der Waals surface area contributed by atoms with Crippen LogP contribution in [0.4, 0.5) is 0 Å². The fraction of sp³-hybridized carbons (Fsp3) is 0.733. The number of nitrogens with one attached hydrogen (secondary N) is 3. The predicted molar refractivity (Wildman–Crippen MR) is 101 cm³/mol. The molecule has 3 N–H and O–H groups in total. The molecule has 0 aliphatic heterocycles. The van der Waals surface area contributed by atoms with E-state index >= 15 is 0 Å². The molecule has 0 atom stereocenters. The summed E-state index contributed by atoms with van der Waals surface area (Å²) in [4.78, 5) is 10.2. The van der Waals surface area contributed by atoms with Crippen molar-refractivity contribution in [3.05, 3.63) is 16.1 Å². The number of thiazole rings is 1. The Hall–Kier alpha value is -1.19. The van der Waals surface area contributed by atoms with Gasteiger partial charge >= 0.3 is 0 Å². The molecule has 1 aromatic heterocycles. The molecule has 0 aliphatic carbocycles. The molecule has 0 unspecified atom stereocenters. The Morgan fingerprint density at radius 3 is 2.67 bits per heavy atom. The van der Waals surface area contributed by atoms with Crippen molar-refractivity contribution in [3.8, 4) is 0 Å². The Kier molecular flexibility index (Phi) is 9.89. The molecule has 1 rings (SSSR count). The SMILES string of the molecule is CCNC(=NCCCNS(=O)(=O)CC)NCCc1ncc(CC)s1. The zero-order valence-electron chi connectivity index (χ0n) is 14.8. The topological polar surface area (TPSA) is 95.5 Å². The third-order valence-electron chi connectivity index (χ3n) is 3.23. The molecule has 0 spiro atoms. The molecule has 0 radical (unpaired) electrons. The lowest BCUT2D eigenvalue weighted by Crippen LogP contribution is -2.38. The van der Waals surface area contributed by atoms with Crippen molar-refractivity contribution in [1.82, 2.24) is 20.3 Å². The van der Waals surface area contributed by atoms with Crippen LogP contribution in [0.15, 0.2) is 11.2 Å². The molecule has 0 saturated carbocycles. The highest BCUT2D eigenvalue weighted by Crippen LogP contribution is 2.13. The second-order valence-corrected chi connectivity index (χ2v) is 8.46. The molecule has 0 aromatic carbocycles. The van der Waals surface area contributed by atoms with Gasteiger partial charge in [0.15, 0.2) is 5.96 Å². The van der Waals surface area contributed by atoms with Crippen LogP contribution in [0.5, 0.6) is 0 Å². The molecule has 24 heavy (non-hydrogen) atoms. The molecule has 0 amide bonds. The standard InChI is InChI=1S/C15H29N5O2S2/c1-4-13-12-19-14(23-13)8-11-18-15(16-5-2)17-9-7-10-20-24(21,22)6-3/h12,20H,4-11H2,1-3H3,(H2,16,17,18). The summed E-state index contributed by atoms with van der Waals surface area (Å²) in [6.45, 7) is 8.31. The van der Waals surface area contributed by atoms with Crippen LogP contribution in [0.2, 0.25) is 0 Å². The molecular weight excluding hydrogens is 346 g/mol. The molecule has 1 aromatic rings. The third-order valence-corrected chi connectivity index (χ3v) is 5.84. The first-order valence-electron chi connectivity index (χ1n) is 8.43. The Balaban J connectivity index is 2.31. The molecule has 0 aliphatic rings. The summed E-state index contributed by atoms with van der Waals surface area (Å²) in [7, 11) is -3.11. The Labute approximate surface area is 149 Å². The van der Waals surface area contributed by atoms with Gasteiger partial charge in [-0.05, 0) is 26.7 Å². The molecule has 9 heteroatoms. The van der Waals surface area contributed by atoms with E-state index in [0.717, 1.165) is 36.9 Å². The highest BCUT2D eigenvalue weighted by molar-refractivity contribution is 7.89. The van der Waals surface area contributed by atoms with Gasteiger partial charge in [0.05, 0.1) is 10.8 Å². The monoisotopic (exact) mass is 375 g/mol. The minimum Gasteiger partial charge on any atom is -0.357 e. The molecule has 1 heterocycles. The van der Waals surface area contributed by atoms with Crippen molar-refractivity contribution >= 4 is 27.3 Å². The Morgan fingerprint density at radius 1 is 1.25 bits per heavy atom. The lowest BCUT2D eigenvalue weighted by molar-refractivity contribution is 0.581. The summed E-state index contributed by atoms with van der Waals surface area (Å²) in [5, 5.41) is 7.60. The van der Waals surface area contributed by atoms with Gasteiger partial charge in [-0.3, -0.25) is 4.99 Å². The highest BCUT2D eigenvalue weighted by atomic mass is 32.2. The number of sulfonamides is 1. The maximum atomic E-state index is 11.3.